The topological polar surface area (TPSA) is 42.0 Å². The Morgan fingerprint density at radius 3 is 2.65 bits per heavy atom. The van der Waals surface area contributed by atoms with E-state index in [0.717, 1.165) is 9.92 Å². The zero-order valence-electron chi connectivity index (χ0n) is 11.7. The molecule has 2 aromatic rings. The first kappa shape index (κ1) is 14.6. The third-order valence-corrected chi connectivity index (χ3v) is 3.67. The molecule has 0 bridgehead atoms. The van der Waals surface area contributed by atoms with Crippen LogP contribution in [0, 0.1) is 5.92 Å². The van der Waals surface area contributed by atoms with Gasteiger partial charge in [-0.2, -0.15) is 0 Å². The molecule has 0 aliphatic carbocycles. The van der Waals surface area contributed by atoms with Gasteiger partial charge in [-0.1, -0.05) is 43.8 Å². The molecule has 1 aromatic carbocycles. The zero-order chi connectivity index (χ0) is 14.4. The molecule has 104 valence electrons. The van der Waals surface area contributed by atoms with E-state index >= 15 is 0 Å². The van der Waals surface area contributed by atoms with Crippen LogP contribution in [0.25, 0.3) is 0 Å². The monoisotopic (exact) mass is 286 g/mol. The van der Waals surface area contributed by atoms with E-state index in [1.54, 1.807) is 12.3 Å². The van der Waals surface area contributed by atoms with E-state index in [2.05, 4.69) is 24.1 Å². The standard InChI is InChI=1S/C16H18N2OS/c1-12(2)11-18-15(19)14-9-6-10-17-16(14)20-13-7-4-3-5-8-13/h3-10,12H,11H2,1-2H3,(H,18,19). The molecule has 0 spiro atoms. The lowest BCUT2D eigenvalue weighted by atomic mass is 10.2. The molecule has 2 rings (SSSR count). The van der Waals surface area contributed by atoms with E-state index in [9.17, 15) is 4.79 Å². The summed E-state index contributed by atoms with van der Waals surface area (Å²) in [6.07, 6.45) is 1.71. The number of benzene rings is 1. The second-order valence-corrected chi connectivity index (χ2v) is 5.94. The summed E-state index contributed by atoms with van der Waals surface area (Å²) in [6, 6.07) is 13.5. The van der Waals surface area contributed by atoms with Gasteiger partial charge in [-0.25, -0.2) is 4.98 Å². The predicted octanol–water partition coefficient (Wildman–Crippen LogP) is 3.62. The van der Waals surface area contributed by atoms with Crippen LogP contribution in [0.15, 0.2) is 58.6 Å². The van der Waals surface area contributed by atoms with Gasteiger partial charge in [0.2, 0.25) is 0 Å². The highest BCUT2D eigenvalue weighted by Gasteiger charge is 2.13. The molecule has 20 heavy (non-hydrogen) atoms. The average Bonchev–Trinajstić information content (AvgIpc) is 2.46. The van der Waals surface area contributed by atoms with Crippen LogP contribution < -0.4 is 5.32 Å². The number of carbonyl (C=O) groups excluding carboxylic acids is 1. The summed E-state index contributed by atoms with van der Waals surface area (Å²) in [5, 5.41) is 3.67. The first-order valence-electron chi connectivity index (χ1n) is 6.63. The van der Waals surface area contributed by atoms with Crippen LogP contribution in [-0.4, -0.2) is 17.4 Å². The number of amides is 1. The minimum atomic E-state index is -0.0646. The fourth-order valence-electron chi connectivity index (χ4n) is 1.64. The lowest BCUT2D eigenvalue weighted by molar-refractivity contribution is 0.0945. The normalized spacial score (nSPS) is 10.6. The molecule has 1 amide bonds. The van der Waals surface area contributed by atoms with Gasteiger partial charge < -0.3 is 5.32 Å². The molecule has 0 radical (unpaired) electrons. The molecule has 1 aromatic heterocycles. The molecule has 0 aliphatic heterocycles. The van der Waals surface area contributed by atoms with Gasteiger partial charge in [0.05, 0.1) is 5.56 Å². The maximum Gasteiger partial charge on any atom is 0.254 e. The number of rotatable bonds is 5. The minimum absolute atomic E-state index is 0.0646. The first-order valence-corrected chi connectivity index (χ1v) is 7.44. The number of nitrogens with zero attached hydrogens (tertiary/aromatic N) is 1. The molecule has 1 heterocycles. The van der Waals surface area contributed by atoms with Crippen molar-refractivity contribution in [3.8, 4) is 0 Å². The summed E-state index contributed by atoms with van der Waals surface area (Å²) >= 11 is 1.50. The van der Waals surface area contributed by atoms with Gasteiger partial charge in [-0.3, -0.25) is 4.79 Å². The van der Waals surface area contributed by atoms with Gasteiger partial charge in [-0.05, 0) is 30.2 Å². The van der Waals surface area contributed by atoms with E-state index in [4.69, 9.17) is 0 Å². The Balaban J connectivity index is 2.16. The van der Waals surface area contributed by atoms with Crippen LogP contribution >= 0.6 is 11.8 Å². The quantitative estimate of drug-likeness (QED) is 0.913. The highest BCUT2D eigenvalue weighted by molar-refractivity contribution is 7.99. The smallest absolute Gasteiger partial charge is 0.254 e. The summed E-state index contributed by atoms with van der Waals surface area (Å²) in [5.41, 5.74) is 0.627. The van der Waals surface area contributed by atoms with E-state index in [1.807, 2.05) is 36.4 Å². The van der Waals surface area contributed by atoms with Crippen molar-refractivity contribution in [2.24, 2.45) is 5.92 Å². The zero-order valence-corrected chi connectivity index (χ0v) is 12.5. The largest absolute Gasteiger partial charge is 0.352 e. The summed E-state index contributed by atoms with van der Waals surface area (Å²) in [6.45, 7) is 4.81. The minimum Gasteiger partial charge on any atom is -0.352 e. The number of nitrogens with one attached hydrogen (secondary N) is 1. The van der Waals surface area contributed by atoms with Gasteiger partial charge in [-0.15, -0.1) is 0 Å². The van der Waals surface area contributed by atoms with Crippen molar-refractivity contribution >= 4 is 17.7 Å². The van der Waals surface area contributed by atoms with Crippen molar-refractivity contribution in [1.82, 2.24) is 10.3 Å². The second-order valence-electron chi connectivity index (χ2n) is 4.88. The Hall–Kier alpha value is -1.81. The third kappa shape index (κ3) is 4.10. The molecule has 0 aliphatic rings. The molecule has 3 nitrogen and oxygen atoms in total. The fourth-order valence-corrected chi connectivity index (χ4v) is 2.54. The number of hydrogen-bond donors (Lipinski definition) is 1. The van der Waals surface area contributed by atoms with Gasteiger partial charge in [0, 0.05) is 17.6 Å². The van der Waals surface area contributed by atoms with E-state index in [1.165, 1.54) is 11.8 Å². The molecule has 4 heteroatoms. The highest BCUT2D eigenvalue weighted by Crippen LogP contribution is 2.28. The summed E-state index contributed by atoms with van der Waals surface area (Å²) < 4.78 is 0. The lowest BCUT2D eigenvalue weighted by Gasteiger charge is -2.10. The van der Waals surface area contributed by atoms with Crippen molar-refractivity contribution in [2.75, 3.05) is 6.54 Å². The van der Waals surface area contributed by atoms with Crippen molar-refractivity contribution < 1.29 is 4.79 Å². The average molecular weight is 286 g/mol. The van der Waals surface area contributed by atoms with Gasteiger partial charge in [0.1, 0.15) is 5.03 Å². The first-order chi connectivity index (χ1) is 9.66. The maximum atomic E-state index is 12.2. The summed E-state index contributed by atoms with van der Waals surface area (Å²) in [5.74, 6) is 0.367. The van der Waals surface area contributed by atoms with Crippen LogP contribution in [0.4, 0.5) is 0 Å². The maximum absolute atomic E-state index is 12.2. The van der Waals surface area contributed by atoms with Crippen LogP contribution in [-0.2, 0) is 0 Å². The third-order valence-electron chi connectivity index (χ3n) is 2.64. The Bertz CT molecular complexity index is 570. The van der Waals surface area contributed by atoms with E-state index < -0.39 is 0 Å². The van der Waals surface area contributed by atoms with E-state index in [-0.39, 0.29) is 5.91 Å². The van der Waals surface area contributed by atoms with Crippen molar-refractivity contribution in [3.63, 3.8) is 0 Å². The molecule has 0 fully saturated rings. The highest BCUT2D eigenvalue weighted by atomic mass is 32.2. The van der Waals surface area contributed by atoms with Gasteiger partial charge in [0.25, 0.3) is 5.91 Å². The number of carbonyl (C=O) groups is 1. The van der Waals surface area contributed by atoms with Gasteiger partial charge in [0.15, 0.2) is 0 Å². The number of hydrogen-bond acceptors (Lipinski definition) is 3. The molecule has 1 N–H and O–H groups in total. The summed E-state index contributed by atoms with van der Waals surface area (Å²) in [4.78, 5) is 17.6. The van der Waals surface area contributed by atoms with Crippen LogP contribution in [0.1, 0.15) is 24.2 Å². The lowest BCUT2D eigenvalue weighted by Crippen LogP contribution is -2.27. The molecule has 0 saturated heterocycles. The van der Waals surface area contributed by atoms with Crippen LogP contribution in [0.5, 0.6) is 0 Å². The van der Waals surface area contributed by atoms with Crippen LogP contribution in [0.2, 0.25) is 0 Å². The van der Waals surface area contributed by atoms with Crippen molar-refractivity contribution in [2.45, 2.75) is 23.8 Å². The van der Waals surface area contributed by atoms with Crippen LogP contribution in [0.3, 0.4) is 0 Å². The Morgan fingerprint density at radius 1 is 1.20 bits per heavy atom. The Morgan fingerprint density at radius 2 is 1.95 bits per heavy atom. The van der Waals surface area contributed by atoms with Gasteiger partial charge >= 0.3 is 0 Å². The molecular formula is C16H18N2OS. The van der Waals surface area contributed by atoms with Crippen molar-refractivity contribution in [3.05, 3.63) is 54.2 Å². The predicted molar refractivity (Wildman–Crippen MR) is 82.0 cm³/mol. The summed E-state index contributed by atoms with van der Waals surface area (Å²) in [7, 11) is 0. The second kappa shape index (κ2) is 7.10. The molecule has 0 saturated carbocycles. The SMILES string of the molecule is CC(C)CNC(=O)c1cccnc1Sc1ccccc1. The molecular weight excluding hydrogens is 268 g/mol. The Labute approximate surface area is 123 Å². The number of aromatic nitrogens is 1. The van der Waals surface area contributed by atoms with Crippen molar-refractivity contribution in [1.29, 1.82) is 0 Å². The van der Waals surface area contributed by atoms with E-state index in [0.29, 0.717) is 18.0 Å². The molecule has 0 unspecified atom stereocenters. The number of pyridine rings is 1. The fraction of sp³-hybridized carbons (Fsp3) is 0.250. The molecule has 0 atom stereocenters. The Kier molecular flexibility index (Phi) is 5.18.